The van der Waals surface area contributed by atoms with Crippen LogP contribution in [0.1, 0.15) is 47.3 Å². The Morgan fingerprint density at radius 2 is 2.04 bits per heavy atom. The summed E-state index contributed by atoms with van der Waals surface area (Å²) in [6.45, 7) is 2.77. The third-order valence-electron chi connectivity index (χ3n) is 5.38. The van der Waals surface area contributed by atoms with E-state index in [0.717, 1.165) is 43.6 Å². The van der Waals surface area contributed by atoms with E-state index in [4.69, 9.17) is 0 Å². The number of carbonyl (C=O) groups excluding carboxylic acids is 1. The van der Waals surface area contributed by atoms with Crippen molar-refractivity contribution in [2.24, 2.45) is 0 Å². The van der Waals surface area contributed by atoms with Gasteiger partial charge in [-0.3, -0.25) is 4.79 Å². The van der Waals surface area contributed by atoms with Gasteiger partial charge in [-0.25, -0.2) is 9.50 Å². The Kier molecular flexibility index (Phi) is 4.69. The number of piperidine rings is 1. The largest absolute Gasteiger partial charge is 0.336 e. The highest BCUT2D eigenvalue weighted by atomic mass is 16.2. The molecule has 0 unspecified atom stereocenters. The Labute approximate surface area is 153 Å². The minimum absolute atomic E-state index is 0.0881. The van der Waals surface area contributed by atoms with E-state index in [9.17, 15) is 4.79 Å². The molecule has 1 aromatic carbocycles. The molecule has 1 fully saturated rings. The molecule has 4 rings (SSSR count). The number of hydrogen-bond donors (Lipinski definition) is 0. The maximum atomic E-state index is 13.3. The van der Waals surface area contributed by atoms with E-state index < -0.39 is 0 Å². The number of aromatic nitrogens is 3. The molecule has 1 atom stereocenters. The average molecular weight is 348 g/mol. The second-order valence-corrected chi connectivity index (χ2v) is 7.03. The van der Waals surface area contributed by atoms with Crippen molar-refractivity contribution >= 4 is 11.6 Å². The fraction of sp³-hybridized carbons (Fsp3) is 0.381. The first-order chi connectivity index (χ1) is 12.7. The highest BCUT2D eigenvalue weighted by Crippen LogP contribution is 2.24. The van der Waals surface area contributed by atoms with Crippen molar-refractivity contribution in [3.8, 4) is 0 Å². The van der Waals surface area contributed by atoms with E-state index >= 15 is 0 Å². The first-order valence-electron chi connectivity index (χ1n) is 9.38. The Bertz CT molecular complexity index is 903. The van der Waals surface area contributed by atoms with Gasteiger partial charge in [-0.2, -0.15) is 5.10 Å². The Hall–Kier alpha value is -2.69. The summed E-state index contributed by atoms with van der Waals surface area (Å²) in [7, 11) is 0. The molecule has 5 heteroatoms. The molecule has 1 aliphatic heterocycles. The van der Waals surface area contributed by atoms with E-state index in [1.807, 2.05) is 19.1 Å². The maximum Gasteiger partial charge on any atom is 0.257 e. The molecule has 0 bridgehead atoms. The van der Waals surface area contributed by atoms with Crippen LogP contribution in [0.25, 0.3) is 5.65 Å². The fourth-order valence-corrected chi connectivity index (χ4v) is 3.90. The lowest BCUT2D eigenvalue weighted by molar-refractivity contribution is 0.0600. The van der Waals surface area contributed by atoms with E-state index in [1.165, 1.54) is 12.0 Å². The zero-order valence-corrected chi connectivity index (χ0v) is 15.1. The van der Waals surface area contributed by atoms with Crippen LogP contribution >= 0.6 is 0 Å². The quantitative estimate of drug-likeness (QED) is 0.723. The van der Waals surface area contributed by atoms with Crippen LogP contribution in [0.4, 0.5) is 0 Å². The molecular weight excluding hydrogens is 324 g/mol. The maximum absolute atomic E-state index is 13.3. The highest BCUT2D eigenvalue weighted by molar-refractivity contribution is 5.95. The number of carbonyl (C=O) groups is 1. The third kappa shape index (κ3) is 3.21. The Morgan fingerprint density at radius 1 is 1.19 bits per heavy atom. The number of aryl methyl sites for hydroxylation is 2. The van der Waals surface area contributed by atoms with Crippen LogP contribution in [0.2, 0.25) is 0 Å². The minimum atomic E-state index is 0.0881. The van der Waals surface area contributed by atoms with Crippen molar-refractivity contribution in [1.29, 1.82) is 0 Å². The number of amides is 1. The van der Waals surface area contributed by atoms with Gasteiger partial charge in [0.05, 0.1) is 17.5 Å². The molecule has 1 amide bonds. The fourth-order valence-electron chi connectivity index (χ4n) is 3.90. The van der Waals surface area contributed by atoms with Gasteiger partial charge in [0.2, 0.25) is 0 Å². The topological polar surface area (TPSA) is 50.5 Å². The molecule has 2 aromatic heterocycles. The molecule has 0 saturated carbocycles. The normalized spacial score (nSPS) is 17.6. The van der Waals surface area contributed by atoms with Gasteiger partial charge in [0.25, 0.3) is 5.91 Å². The van der Waals surface area contributed by atoms with Gasteiger partial charge in [-0.15, -0.1) is 0 Å². The summed E-state index contributed by atoms with van der Waals surface area (Å²) in [5.41, 5.74) is 3.63. The molecule has 134 valence electrons. The van der Waals surface area contributed by atoms with Crippen LogP contribution in [0.3, 0.4) is 0 Å². The summed E-state index contributed by atoms with van der Waals surface area (Å²) < 4.78 is 1.75. The third-order valence-corrected chi connectivity index (χ3v) is 5.38. The lowest BCUT2D eigenvalue weighted by Crippen LogP contribution is -2.44. The zero-order valence-electron chi connectivity index (χ0n) is 15.1. The Balaban J connectivity index is 1.54. The molecule has 1 saturated heterocycles. The molecule has 1 aliphatic rings. The summed E-state index contributed by atoms with van der Waals surface area (Å²) in [6.07, 6.45) is 8.78. The van der Waals surface area contributed by atoms with Crippen molar-refractivity contribution in [3.63, 3.8) is 0 Å². The van der Waals surface area contributed by atoms with Crippen molar-refractivity contribution in [2.45, 2.75) is 45.1 Å². The van der Waals surface area contributed by atoms with Gasteiger partial charge in [0.15, 0.2) is 5.65 Å². The van der Waals surface area contributed by atoms with E-state index in [-0.39, 0.29) is 5.91 Å². The molecule has 0 N–H and O–H groups in total. The summed E-state index contributed by atoms with van der Waals surface area (Å²) in [5, 5.41) is 4.28. The smallest absolute Gasteiger partial charge is 0.257 e. The number of hydrogen-bond acceptors (Lipinski definition) is 3. The molecule has 0 aliphatic carbocycles. The predicted molar refractivity (Wildman–Crippen MR) is 101 cm³/mol. The predicted octanol–water partition coefficient (Wildman–Crippen LogP) is 3.67. The highest BCUT2D eigenvalue weighted by Gasteiger charge is 2.28. The zero-order chi connectivity index (χ0) is 17.9. The summed E-state index contributed by atoms with van der Waals surface area (Å²) in [6, 6.07) is 12.7. The SMILES string of the molecule is Cc1c(C(=O)N2CCCC[C@H]2CCc2ccccc2)cnc2ccnn12. The second kappa shape index (κ2) is 7.28. The van der Waals surface area contributed by atoms with Crippen LogP contribution in [0, 0.1) is 6.92 Å². The van der Waals surface area contributed by atoms with E-state index in [2.05, 4.69) is 39.2 Å². The van der Waals surface area contributed by atoms with E-state index in [1.54, 1.807) is 16.9 Å². The minimum Gasteiger partial charge on any atom is -0.336 e. The van der Waals surface area contributed by atoms with Crippen molar-refractivity contribution < 1.29 is 4.79 Å². The van der Waals surface area contributed by atoms with E-state index in [0.29, 0.717) is 11.6 Å². The van der Waals surface area contributed by atoms with Gasteiger partial charge >= 0.3 is 0 Å². The summed E-state index contributed by atoms with van der Waals surface area (Å²) >= 11 is 0. The summed E-state index contributed by atoms with van der Waals surface area (Å²) in [5.74, 6) is 0.0881. The number of rotatable bonds is 4. The molecule has 3 aromatic rings. The van der Waals surface area contributed by atoms with Crippen LogP contribution in [0.15, 0.2) is 48.8 Å². The van der Waals surface area contributed by atoms with Crippen LogP contribution in [0.5, 0.6) is 0 Å². The standard InChI is InChI=1S/C21H24N4O/c1-16-19(15-22-20-12-13-23-25(16)20)21(26)24-14-6-5-9-18(24)11-10-17-7-3-2-4-8-17/h2-4,7-8,12-13,15,18H,5-6,9-11,14H2,1H3/t18-/m0/s1. The molecule has 0 spiro atoms. The van der Waals surface area contributed by atoms with Crippen molar-refractivity contribution in [2.75, 3.05) is 6.54 Å². The van der Waals surface area contributed by atoms with Crippen molar-refractivity contribution in [1.82, 2.24) is 19.5 Å². The molecule has 26 heavy (non-hydrogen) atoms. The second-order valence-electron chi connectivity index (χ2n) is 7.03. The van der Waals surface area contributed by atoms with Gasteiger partial charge < -0.3 is 4.90 Å². The lowest BCUT2D eigenvalue weighted by atomic mass is 9.95. The van der Waals surface area contributed by atoms with Gasteiger partial charge in [0.1, 0.15) is 0 Å². The molecule has 3 heterocycles. The number of benzene rings is 1. The number of fused-ring (bicyclic) bond motifs is 1. The average Bonchev–Trinajstić information content (AvgIpc) is 3.17. The van der Waals surface area contributed by atoms with Gasteiger partial charge in [0, 0.05) is 24.8 Å². The van der Waals surface area contributed by atoms with Crippen LogP contribution in [-0.2, 0) is 6.42 Å². The van der Waals surface area contributed by atoms with Gasteiger partial charge in [-0.05, 0) is 44.6 Å². The molecular formula is C21H24N4O. The number of likely N-dealkylation sites (tertiary alicyclic amines) is 1. The first-order valence-corrected chi connectivity index (χ1v) is 9.38. The van der Waals surface area contributed by atoms with Gasteiger partial charge in [-0.1, -0.05) is 30.3 Å². The number of nitrogens with zero attached hydrogens (tertiary/aromatic N) is 4. The van der Waals surface area contributed by atoms with Crippen LogP contribution in [-0.4, -0.2) is 38.0 Å². The Morgan fingerprint density at radius 3 is 2.88 bits per heavy atom. The monoisotopic (exact) mass is 348 g/mol. The van der Waals surface area contributed by atoms with Crippen LogP contribution < -0.4 is 0 Å². The molecule has 5 nitrogen and oxygen atoms in total. The van der Waals surface area contributed by atoms with Crippen molar-refractivity contribution in [3.05, 3.63) is 65.6 Å². The molecule has 0 radical (unpaired) electrons. The summed E-state index contributed by atoms with van der Waals surface area (Å²) in [4.78, 5) is 19.7. The lowest BCUT2D eigenvalue weighted by Gasteiger charge is -2.36. The first kappa shape index (κ1) is 16.8.